The number of carbonyl (C=O) groups excluding carboxylic acids is 3. The third-order valence-corrected chi connectivity index (χ3v) is 4.86. The van der Waals surface area contributed by atoms with Crippen LogP contribution in [-0.4, -0.2) is 36.0 Å². The minimum atomic E-state index is -0.630. The first kappa shape index (κ1) is 21.8. The van der Waals surface area contributed by atoms with Gasteiger partial charge in [0.15, 0.2) is 6.61 Å². The standard InChI is InChI=1S/C24H23NO6/c1-16-13-21(17(2)25(16)14-20-5-4-12-30-20)22(26)15-31-23(27)11-8-18-6-9-19(10-7-18)24(28)29-3/h4-13H,14-15H2,1-3H3/b11-8+. The molecule has 3 rings (SSSR count). The number of ether oxygens (including phenoxy) is 2. The van der Waals surface area contributed by atoms with Gasteiger partial charge in [0.2, 0.25) is 5.78 Å². The largest absolute Gasteiger partial charge is 0.467 e. The number of rotatable bonds is 8. The number of aromatic nitrogens is 1. The number of aryl methyl sites for hydroxylation is 1. The van der Waals surface area contributed by atoms with Crippen LogP contribution in [0.1, 0.15) is 43.4 Å². The number of benzene rings is 1. The lowest BCUT2D eigenvalue weighted by Gasteiger charge is -2.08. The molecule has 0 aliphatic rings. The van der Waals surface area contributed by atoms with Gasteiger partial charge < -0.3 is 18.5 Å². The zero-order chi connectivity index (χ0) is 22.4. The SMILES string of the molecule is COC(=O)c1ccc(/C=C/C(=O)OCC(=O)c2cc(C)n(Cc3ccco3)c2C)cc1. The number of methoxy groups -OCH3 is 1. The van der Waals surface area contributed by atoms with E-state index in [9.17, 15) is 14.4 Å². The maximum atomic E-state index is 12.6. The van der Waals surface area contributed by atoms with E-state index >= 15 is 0 Å². The van der Waals surface area contributed by atoms with Crippen molar-refractivity contribution < 1.29 is 28.3 Å². The predicted molar refractivity (Wildman–Crippen MR) is 114 cm³/mol. The van der Waals surface area contributed by atoms with Gasteiger partial charge in [0.25, 0.3) is 0 Å². The van der Waals surface area contributed by atoms with Crippen LogP contribution < -0.4 is 0 Å². The van der Waals surface area contributed by atoms with Crippen molar-refractivity contribution >= 4 is 23.8 Å². The number of Topliss-reactive ketones (excluding diaryl/α,β-unsaturated/α-hetero) is 1. The molecule has 1 aromatic carbocycles. The van der Waals surface area contributed by atoms with Gasteiger partial charge in [0.05, 0.1) is 25.5 Å². The topological polar surface area (TPSA) is 87.7 Å². The van der Waals surface area contributed by atoms with Crippen LogP contribution in [0.15, 0.2) is 59.2 Å². The second-order valence-electron chi connectivity index (χ2n) is 6.93. The highest BCUT2D eigenvalue weighted by atomic mass is 16.5. The molecule has 0 unspecified atom stereocenters. The van der Waals surface area contributed by atoms with Crippen molar-refractivity contribution in [1.29, 1.82) is 0 Å². The summed E-state index contributed by atoms with van der Waals surface area (Å²) in [4.78, 5) is 36.0. The molecule has 2 heterocycles. The van der Waals surface area contributed by atoms with E-state index in [1.807, 2.05) is 30.5 Å². The van der Waals surface area contributed by atoms with E-state index in [4.69, 9.17) is 9.15 Å². The normalized spacial score (nSPS) is 10.9. The Morgan fingerprint density at radius 3 is 2.48 bits per heavy atom. The molecule has 31 heavy (non-hydrogen) atoms. The Hall–Kier alpha value is -3.87. The lowest BCUT2D eigenvalue weighted by Crippen LogP contribution is -2.13. The fourth-order valence-electron chi connectivity index (χ4n) is 3.16. The van der Waals surface area contributed by atoms with E-state index in [0.717, 1.165) is 17.1 Å². The summed E-state index contributed by atoms with van der Waals surface area (Å²) in [6.07, 6.45) is 4.39. The molecule has 2 aromatic heterocycles. The summed E-state index contributed by atoms with van der Waals surface area (Å²) in [7, 11) is 1.31. The van der Waals surface area contributed by atoms with Gasteiger partial charge in [-0.2, -0.15) is 0 Å². The van der Waals surface area contributed by atoms with Gasteiger partial charge in [-0.25, -0.2) is 9.59 Å². The molecule has 0 radical (unpaired) electrons. The van der Waals surface area contributed by atoms with Crippen molar-refractivity contribution in [3.63, 3.8) is 0 Å². The molecule has 7 nitrogen and oxygen atoms in total. The fraction of sp³-hybridized carbons (Fsp3) is 0.208. The maximum absolute atomic E-state index is 12.6. The first-order valence-corrected chi connectivity index (χ1v) is 9.64. The average Bonchev–Trinajstić information content (AvgIpc) is 3.39. The van der Waals surface area contributed by atoms with Crippen LogP contribution in [0.2, 0.25) is 0 Å². The van der Waals surface area contributed by atoms with Crippen molar-refractivity contribution in [3.05, 3.63) is 88.6 Å². The molecule has 7 heteroatoms. The Bertz CT molecular complexity index is 1100. The molecular formula is C24H23NO6. The van der Waals surface area contributed by atoms with Crippen molar-refractivity contribution in [2.24, 2.45) is 0 Å². The summed E-state index contributed by atoms with van der Waals surface area (Å²) in [6.45, 7) is 3.93. The third-order valence-electron chi connectivity index (χ3n) is 4.86. The molecule has 0 bridgehead atoms. The minimum Gasteiger partial charge on any atom is -0.467 e. The van der Waals surface area contributed by atoms with Crippen LogP contribution in [-0.2, 0) is 20.8 Å². The summed E-state index contributed by atoms with van der Waals surface area (Å²) in [5.74, 6) is -0.549. The van der Waals surface area contributed by atoms with Gasteiger partial charge in [-0.15, -0.1) is 0 Å². The van der Waals surface area contributed by atoms with E-state index in [1.165, 1.54) is 13.2 Å². The zero-order valence-corrected chi connectivity index (χ0v) is 17.6. The molecule has 0 aliphatic heterocycles. The summed E-state index contributed by atoms with van der Waals surface area (Å²) >= 11 is 0. The number of ketones is 1. The predicted octanol–water partition coefficient (Wildman–Crippen LogP) is 3.97. The Labute approximate surface area is 179 Å². The van der Waals surface area contributed by atoms with Crippen LogP contribution in [0.5, 0.6) is 0 Å². The highest BCUT2D eigenvalue weighted by Crippen LogP contribution is 2.18. The number of esters is 2. The van der Waals surface area contributed by atoms with E-state index in [2.05, 4.69) is 4.74 Å². The Kier molecular flexibility index (Phi) is 6.87. The Morgan fingerprint density at radius 1 is 1.10 bits per heavy atom. The van der Waals surface area contributed by atoms with Crippen LogP contribution >= 0.6 is 0 Å². The van der Waals surface area contributed by atoms with E-state index in [0.29, 0.717) is 23.2 Å². The van der Waals surface area contributed by atoms with Gasteiger partial charge in [-0.1, -0.05) is 12.1 Å². The smallest absolute Gasteiger partial charge is 0.337 e. The molecule has 3 aromatic rings. The molecule has 0 amide bonds. The van der Waals surface area contributed by atoms with Gasteiger partial charge >= 0.3 is 11.9 Å². The number of hydrogen-bond donors (Lipinski definition) is 0. The molecule has 160 valence electrons. The number of carbonyl (C=O) groups is 3. The maximum Gasteiger partial charge on any atom is 0.337 e. The summed E-state index contributed by atoms with van der Waals surface area (Å²) in [6, 6.07) is 12.0. The van der Waals surface area contributed by atoms with Gasteiger partial charge in [0.1, 0.15) is 5.76 Å². The molecule has 0 saturated carbocycles. The fourth-order valence-corrected chi connectivity index (χ4v) is 3.16. The van der Waals surface area contributed by atoms with Gasteiger partial charge in [0, 0.05) is 23.0 Å². The summed E-state index contributed by atoms with van der Waals surface area (Å²) < 4.78 is 17.1. The Balaban J connectivity index is 1.57. The molecule has 0 aliphatic carbocycles. The first-order chi connectivity index (χ1) is 14.9. The van der Waals surface area contributed by atoms with Crippen molar-refractivity contribution in [3.8, 4) is 0 Å². The molecule has 0 atom stereocenters. The van der Waals surface area contributed by atoms with E-state index < -0.39 is 11.9 Å². The molecule has 0 fully saturated rings. The van der Waals surface area contributed by atoms with Crippen molar-refractivity contribution in [2.45, 2.75) is 20.4 Å². The van der Waals surface area contributed by atoms with Crippen molar-refractivity contribution in [1.82, 2.24) is 4.57 Å². The number of furan rings is 1. The summed E-state index contributed by atoms with van der Waals surface area (Å²) in [5.41, 5.74) is 3.34. The zero-order valence-electron chi connectivity index (χ0n) is 17.6. The number of hydrogen-bond acceptors (Lipinski definition) is 6. The van der Waals surface area contributed by atoms with Crippen LogP contribution in [0.25, 0.3) is 6.08 Å². The second-order valence-corrected chi connectivity index (χ2v) is 6.93. The molecule has 0 N–H and O–H groups in total. The third kappa shape index (κ3) is 5.39. The van der Waals surface area contributed by atoms with E-state index in [1.54, 1.807) is 42.7 Å². The molecular weight excluding hydrogens is 398 g/mol. The van der Waals surface area contributed by atoms with Crippen LogP contribution in [0.4, 0.5) is 0 Å². The lowest BCUT2D eigenvalue weighted by molar-refractivity contribution is -0.136. The highest BCUT2D eigenvalue weighted by Gasteiger charge is 2.17. The monoisotopic (exact) mass is 421 g/mol. The van der Waals surface area contributed by atoms with Crippen LogP contribution in [0, 0.1) is 13.8 Å². The van der Waals surface area contributed by atoms with E-state index in [-0.39, 0.29) is 12.4 Å². The quantitative estimate of drug-likeness (QED) is 0.311. The lowest BCUT2D eigenvalue weighted by atomic mass is 10.1. The van der Waals surface area contributed by atoms with Crippen LogP contribution in [0.3, 0.4) is 0 Å². The first-order valence-electron chi connectivity index (χ1n) is 9.64. The summed E-state index contributed by atoms with van der Waals surface area (Å²) in [5, 5.41) is 0. The van der Waals surface area contributed by atoms with Gasteiger partial charge in [-0.05, 0) is 55.8 Å². The average molecular weight is 421 g/mol. The molecule has 0 saturated heterocycles. The van der Waals surface area contributed by atoms with Crippen molar-refractivity contribution in [2.75, 3.05) is 13.7 Å². The highest BCUT2D eigenvalue weighted by molar-refractivity contribution is 6.00. The molecule has 0 spiro atoms. The minimum absolute atomic E-state index is 0.275. The number of nitrogens with zero attached hydrogens (tertiary/aromatic N) is 1. The Morgan fingerprint density at radius 2 is 1.84 bits per heavy atom. The second kappa shape index (κ2) is 9.75. The van der Waals surface area contributed by atoms with Gasteiger partial charge in [-0.3, -0.25) is 4.79 Å².